The summed E-state index contributed by atoms with van der Waals surface area (Å²) in [4.78, 5) is 26.2. The van der Waals surface area contributed by atoms with E-state index in [2.05, 4.69) is 10.3 Å². The van der Waals surface area contributed by atoms with E-state index in [0.717, 1.165) is 17.0 Å². The molecule has 1 amide bonds. The average molecular weight is 342 g/mol. The Labute approximate surface area is 145 Å². The third kappa shape index (κ3) is 3.23. The molecule has 7 heteroatoms. The molecule has 0 atom stereocenters. The minimum atomic E-state index is -0.0649. The Kier molecular flexibility index (Phi) is 3.94. The van der Waals surface area contributed by atoms with Gasteiger partial charge in [0.05, 0.1) is 24.4 Å². The molecule has 0 radical (unpaired) electrons. The lowest BCUT2D eigenvalue weighted by Crippen LogP contribution is -2.52. The Morgan fingerprint density at radius 1 is 1.28 bits per heavy atom. The van der Waals surface area contributed by atoms with Gasteiger partial charge in [-0.05, 0) is 32.8 Å². The minimum absolute atomic E-state index is 0.0649. The Hall–Kier alpha value is -2.44. The van der Waals surface area contributed by atoms with Crippen LogP contribution in [0, 0.1) is 19.8 Å². The fourth-order valence-electron chi connectivity index (χ4n) is 3.34. The van der Waals surface area contributed by atoms with Crippen molar-refractivity contribution in [2.75, 3.05) is 13.1 Å². The molecule has 0 aromatic carbocycles. The van der Waals surface area contributed by atoms with Crippen LogP contribution in [-0.4, -0.2) is 38.8 Å². The molecule has 4 rings (SSSR count). The fraction of sp³-hybridized carbons (Fsp3) is 0.556. The number of carbonyl (C=O) groups excluding carboxylic acids is 1. The second-order valence-electron chi connectivity index (χ2n) is 7.20. The largest absolute Gasteiger partial charge is 0.361 e. The number of amides is 1. The molecule has 3 heterocycles. The third-order valence-electron chi connectivity index (χ3n) is 5.13. The summed E-state index contributed by atoms with van der Waals surface area (Å²) in [5.74, 6) is 1.60. The number of carbonyl (C=O) groups is 1. The lowest BCUT2D eigenvalue weighted by Gasteiger charge is -2.39. The van der Waals surface area contributed by atoms with E-state index >= 15 is 0 Å². The van der Waals surface area contributed by atoms with Gasteiger partial charge >= 0.3 is 0 Å². The molecule has 0 bridgehead atoms. The zero-order chi connectivity index (χ0) is 17.6. The molecule has 1 aliphatic carbocycles. The monoisotopic (exact) mass is 342 g/mol. The van der Waals surface area contributed by atoms with Crippen molar-refractivity contribution >= 4 is 5.91 Å². The first kappa shape index (κ1) is 16.1. The van der Waals surface area contributed by atoms with Crippen molar-refractivity contribution in [3.05, 3.63) is 45.2 Å². The maximum absolute atomic E-state index is 12.4. The molecule has 1 aliphatic heterocycles. The van der Waals surface area contributed by atoms with Crippen molar-refractivity contribution in [3.63, 3.8) is 0 Å². The Morgan fingerprint density at radius 2 is 2.04 bits per heavy atom. The van der Waals surface area contributed by atoms with Crippen LogP contribution in [0.2, 0.25) is 0 Å². The summed E-state index contributed by atoms with van der Waals surface area (Å²) < 4.78 is 6.67. The summed E-state index contributed by atoms with van der Waals surface area (Å²) in [5.41, 5.74) is 2.61. The molecule has 2 fully saturated rings. The zero-order valence-corrected chi connectivity index (χ0v) is 14.6. The Bertz CT molecular complexity index is 840. The van der Waals surface area contributed by atoms with E-state index in [0.29, 0.717) is 37.7 Å². The van der Waals surface area contributed by atoms with Gasteiger partial charge in [-0.1, -0.05) is 5.16 Å². The van der Waals surface area contributed by atoms with Gasteiger partial charge in [-0.3, -0.25) is 9.59 Å². The quantitative estimate of drug-likeness (QED) is 0.821. The van der Waals surface area contributed by atoms with Gasteiger partial charge in [-0.25, -0.2) is 4.68 Å². The fourth-order valence-corrected chi connectivity index (χ4v) is 3.34. The zero-order valence-electron chi connectivity index (χ0n) is 14.6. The van der Waals surface area contributed by atoms with Crippen molar-refractivity contribution in [2.45, 2.75) is 45.6 Å². The molecule has 2 aliphatic rings. The topological polar surface area (TPSA) is 81.2 Å². The number of hydrogen-bond acceptors (Lipinski definition) is 5. The van der Waals surface area contributed by atoms with Gasteiger partial charge in [0.1, 0.15) is 5.76 Å². The van der Waals surface area contributed by atoms with E-state index < -0.39 is 0 Å². The van der Waals surface area contributed by atoms with Crippen LogP contribution in [0.1, 0.15) is 41.5 Å². The summed E-state index contributed by atoms with van der Waals surface area (Å²) in [6, 6.07) is 3.45. The average Bonchev–Trinajstić information content (AvgIpc) is 3.34. The number of aromatic nitrogens is 3. The molecular formula is C18H22N4O3. The summed E-state index contributed by atoms with van der Waals surface area (Å²) in [6.45, 7) is 5.60. The first-order chi connectivity index (χ1) is 12.0. The molecule has 132 valence electrons. The molecule has 0 unspecified atom stereocenters. The van der Waals surface area contributed by atoms with Crippen molar-refractivity contribution in [1.29, 1.82) is 0 Å². The standard InChI is InChI=1S/C18H22N4O3/c1-11-15(12(2)25-20-11)7-18(24)21-8-13(9-21)10-22-17(23)6-5-16(19-22)14-3-4-14/h5-6,13-14H,3-4,7-10H2,1-2H3. The molecule has 1 saturated heterocycles. The molecular weight excluding hydrogens is 320 g/mol. The van der Waals surface area contributed by atoms with E-state index in [4.69, 9.17) is 4.52 Å². The number of likely N-dealkylation sites (tertiary alicyclic amines) is 1. The van der Waals surface area contributed by atoms with E-state index in [1.807, 2.05) is 24.8 Å². The normalized spacial score (nSPS) is 17.6. The molecule has 0 N–H and O–H groups in total. The lowest BCUT2D eigenvalue weighted by atomic mass is 9.98. The molecule has 2 aromatic rings. The van der Waals surface area contributed by atoms with Crippen LogP contribution < -0.4 is 5.56 Å². The highest BCUT2D eigenvalue weighted by molar-refractivity contribution is 5.80. The lowest BCUT2D eigenvalue weighted by molar-refractivity contribution is -0.137. The van der Waals surface area contributed by atoms with Crippen LogP contribution in [0.15, 0.2) is 21.5 Å². The number of hydrogen-bond donors (Lipinski definition) is 0. The van der Waals surface area contributed by atoms with Crippen molar-refractivity contribution in [1.82, 2.24) is 19.8 Å². The second kappa shape index (κ2) is 6.13. The number of aryl methyl sites for hydroxylation is 2. The minimum Gasteiger partial charge on any atom is -0.361 e. The maximum Gasteiger partial charge on any atom is 0.266 e. The third-order valence-corrected chi connectivity index (χ3v) is 5.13. The van der Waals surface area contributed by atoms with Crippen LogP contribution in [0.5, 0.6) is 0 Å². The first-order valence-corrected chi connectivity index (χ1v) is 8.79. The van der Waals surface area contributed by atoms with Crippen LogP contribution in [0.25, 0.3) is 0 Å². The smallest absolute Gasteiger partial charge is 0.266 e. The van der Waals surface area contributed by atoms with E-state index in [-0.39, 0.29) is 17.4 Å². The van der Waals surface area contributed by atoms with Crippen LogP contribution in [0.3, 0.4) is 0 Å². The van der Waals surface area contributed by atoms with Gasteiger partial charge < -0.3 is 9.42 Å². The molecule has 7 nitrogen and oxygen atoms in total. The van der Waals surface area contributed by atoms with Crippen molar-refractivity contribution < 1.29 is 9.32 Å². The molecule has 1 saturated carbocycles. The van der Waals surface area contributed by atoms with Crippen molar-refractivity contribution in [3.8, 4) is 0 Å². The Morgan fingerprint density at radius 3 is 2.68 bits per heavy atom. The van der Waals surface area contributed by atoms with Gasteiger partial charge in [0.2, 0.25) is 5.91 Å². The van der Waals surface area contributed by atoms with Crippen LogP contribution >= 0.6 is 0 Å². The summed E-state index contributed by atoms with van der Waals surface area (Å²) >= 11 is 0. The van der Waals surface area contributed by atoms with Gasteiger partial charge in [0.15, 0.2) is 0 Å². The van der Waals surface area contributed by atoms with Gasteiger partial charge in [-0.15, -0.1) is 0 Å². The van der Waals surface area contributed by atoms with Crippen molar-refractivity contribution in [2.24, 2.45) is 5.92 Å². The van der Waals surface area contributed by atoms with Gasteiger partial charge in [0.25, 0.3) is 5.56 Å². The van der Waals surface area contributed by atoms with Crippen LogP contribution in [0.4, 0.5) is 0 Å². The summed E-state index contributed by atoms with van der Waals surface area (Å²) in [6.07, 6.45) is 2.65. The highest BCUT2D eigenvalue weighted by Crippen LogP contribution is 2.38. The van der Waals surface area contributed by atoms with E-state index in [1.54, 1.807) is 10.7 Å². The van der Waals surface area contributed by atoms with Gasteiger partial charge in [-0.2, -0.15) is 5.10 Å². The molecule has 25 heavy (non-hydrogen) atoms. The number of rotatable bonds is 5. The first-order valence-electron chi connectivity index (χ1n) is 8.79. The van der Waals surface area contributed by atoms with Crippen LogP contribution in [-0.2, 0) is 17.8 Å². The highest BCUT2D eigenvalue weighted by atomic mass is 16.5. The summed E-state index contributed by atoms with van der Waals surface area (Å²) in [5, 5.41) is 8.38. The predicted molar refractivity (Wildman–Crippen MR) is 90.2 cm³/mol. The number of nitrogens with zero attached hydrogens (tertiary/aromatic N) is 4. The summed E-state index contributed by atoms with van der Waals surface area (Å²) in [7, 11) is 0. The highest BCUT2D eigenvalue weighted by Gasteiger charge is 2.32. The molecule has 2 aromatic heterocycles. The molecule has 0 spiro atoms. The second-order valence-corrected chi connectivity index (χ2v) is 7.20. The van der Waals surface area contributed by atoms with Gasteiger partial charge in [0, 0.05) is 36.6 Å². The predicted octanol–water partition coefficient (Wildman–Crippen LogP) is 1.43. The Balaban J connectivity index is 1.34. The SMILES string of the molecule is Cc1noc(C)c1CC(=O)N1CC(Cn2nc(C3CC3)ccc2=O)C1. The van der Waals surface area contributed by atoms with E-state index in [1.165, 1.54) is 12.8 Å². The maximum atomic E-state index is 12.4. The van der Waals surface area contributed by atoms with E-state index in [9.17, 15) is 9.59 Å².